The SMILES string of the molecule is O=Cc1cc(F)ccc1Oc1ccccc1Cl. The quantitative estimate of drug-likeness (QED) is 0.767. The monoisotopic (exact) mass is 250 g/mol. The summed E-state index contributed by atoms with van der Waals surface area (Å²) in [5.41, 5.74) is 0.143. The average Bonchev–Trinajstić information content (AvgIpc) is 2.34. The van der Waals surface area contributed by atoms with E-state index in [0.29, 0.717) is 17.1 Å². The highest BCUT2D eigenvalue weighted by atomic mass is 35.5. The minimum atomic E-state index is -0.487. The molecule has 2 rings (SSSR count). The Hall–Kier alpha value is -1.87. The largest absolute Gasteiger partial charge is 0.455 e. The Morgan fingerprint density at radius 2 is 1.88 bits per heavy atom. The molecular weight excluding hydrogens is 243 g/mol. The van der Waals surface area contributed by atoms with Gasteiger partial charge in [-0.15, -0.1) is 0 Å². The maximum atomic E-state index is 12.9. The van der Waals surface area contributed by atoms with Crippen molar-refractivity contribution in [2.45, 2.75) is 0 Å². The van der Waals surface area contributed by atoms with Crippen LogP contribution in [-0.2, 0) is 0 Å². The first-order valence-corrected chi connectivity index (χ1v) is 5.25. The third kappa shape index (κ3) is 2.63. The number of para-hydroxylation sites is 1. The van der Waals surface area contributed by atoms with Gasteiger partial charge in [-0.05, 0) is 30.3 Å². The average molecular weight is 251 g/mol. The minimum Gasteiger partial charge on any atom is -0.455 e. The van der Waals surface area contributed by atoms with Crippen molar-refractivity contribution in [3.8, 4) is 11.5 Å². The van der Waals surface area contributed by atoms with Crippen LogP contribution >= 0.6 is 11.6 Å². The zero-order valence-corrected chi connectivity index (χ0v) is 9.45. The van der Waals surface area contributed by atoms with Gasteiger partial charge in [-0.25, -0.2) is 4.39 Å². The molecule has 0 unspecified atom stereocenters. The van der Waals surface area contributed by atoms with Crippen molar-refractivity contribution >= 4 is 17.9 Å². The van der Waals surface area contributed by atoms with Crippen LogP contribution in [0.15, 0.2) is 42.5 Å². The Morgan fingerprint density at radius 3 is 2.59 bits per heavy atom. The molecule has 2 aromatic carbocycles. The number of carbonyl (C=O) groups excluding carboxylic acids is 1. The Bertz CT molecular complexity index is 555. The molecule has 0 aromatic heterocycles. The summed E-state index contributed by atoms with van der Waals surface area (Å²) in [7, 11) is 0. The number of halogens is 2. The number of aldehydes is 1. The second-order valence-corrected chi connectivity index (χ2v) is 3.74. The minimum absolute atomic E-state index is 0.143. The van der Waals surface area contributed by atoms with E-state index in [4.69, 9.17) is 16.3 Å². The van der Waals surface area contributed by atoms with Gasteiger partial charge in [-0.3, -0.25) is 4.79 Å². The highest BCUT2D eigenvalue weighted by molar-refractivity contribution is 6.32. The summed E-state index contributed by atoms with van der Waals surface area (Å²) in [6.45, 7) is 0. The molecule has 0 amide bonds. The normalized spacial score (nSPS) is 10.0. The van der Waals surface area contributed by atoms with E-state index in [9.17, 15) is 9.18 Å². The standard InChI is InChI=1S/C13H8ClFO2/c14-11-3-1-2-4-13(11)17-12-6-5-10(15)7-9(12)8-16/h1-8H. The van der Waals surface area contributed by atoms with Crippen LogP contribution < -0.4 is 4.74 Å². The van der Waals surface area contributed by atoms with Crippen molar-refractivity contribution in [3.63, 3.8) is 0 Å². The molecule has 0 aliphatic heterocycles. The predicted octanol–water partition coefficient (Wildman–Crippen LogP) is 4.08. The number of ether oxygens (including phenoxy) is 1. The van der Waals surface area contributed by atoms with Crippen molar-refractivity contribution in [2.24, 2.45) is 0 Å². The molecule has 86 valence electrons. The van der Waals surface area contributed by atoms with Gasteiger partial charge in [0, 0.05) is 0 Å². The highest BCUT2D eigenvalue weighted by Gasteiger charge is 2.07. The molecule has 0 saturated heterocycles. The van der Waals surface area contributed by atoms with Crippen molar-refractivity contribution in [3.05, 3.63) is 58.9 Å². The van der Waals surface area contributed by atoms with E-state index >= 15 is 0 Å². The van der Waals surface area contributed by atoms with E-state index in [2.05, 4.69) is 0 Å². The number of rotatable bonds is 3. The zero-order valence-electron chi connectivity index (χ0n) is 8.69. The predicted molar refractivity (Wildman–Crippen MR) is 63.3 cm³/mol. The first-order valence-electron chi connectivity index (χ1n) is 4.88. The van der Waals surface area contributed by atoms with Crippen LogP contribution in [0.5, 0.6) is 11.5 Å². The van der Waals surface area contributed by atoms with Crippen LogP contribution in [0.2, 0.25) is 5.02 Å². The molecule has 0 saturated carbocycles. The number of hydrogen-bond donors (Lipinski definition) is 0. The first-order chi connectivity index (χ1) is 8.20. The van der Waals surface area contributed by atoms with E-state index < -0.39 is 5.82 Å². The van der Waals surface area contributed by atoms with Crippen LogP contribution in [0.4, 0.5) is 4.39 Å². The molecule has 0 aliphatic rings. The molecule has 0 spiro atoms. The van der Waals surface area contributed by atoms with E-state index in [1.165, 1.54) is 12.1 Å². The fourth-order valence-corrected chi connectivity index (χ4v) is 1.52. The molecule has 17 heavy (non-hydrogen) atoms. The van der Waals surface area contributed by atoms with Crippen molar-refractivity contribution < 1.29 is 13.9 Å². The van der Waals surface area contributed by atoms with Gasteiger partial charge in [0.25, 0.3) is 0 Å². The molecule has 2 aromatic rings. The summed E-state index contributed by atoms with van der Waals surface area (Å²) in [6, 6.07) is 10.6. The van der Waals surface area contributed by atoms with E-state index in [-0.39, 0.29) is 11.3 Å². The second-order valence-electron chi connectivity index (χ2n) is 3.33. The lowest BCUT2D eigenvalue weighted by Gasteiger charge is -2.09. The summed E-state index contributed by atoms with van der Waals surface area (Å²) < 4.78 is 18.4. The van der Waals surface area contributed by atoms with Gasteiger partial charge in [-0.2, -0.15) is 0 Å². The zero-order chi connectivity index (χ0) is 12.3. The third-order valence-electron chi connectivity index (χ3n) is 2.16. The van der Waals surface area contributed by atoms with E-state index in [1.807, 2.05) is 0 Å². The molecule has 0 bridgehead atoms. The third-order valence-corrected chi connectivity index (χ3v) is 2.47. The molecule has 0 fully saturated rings. The van der Waals surface area contributed by atoms with Crippen LogP contribution in [0.1, 0.15) is 10.4 Å². The lowest BCUT2D eigenvalue weighted by atomic mass is 10.2. The first kappa shape index (κ1) is 11.6. The van der Waals surface area contributed by atoms with Crippen LogP contribution in [-0.4, -0.2) is 6.29 Å². The van der Waals surface area contributed by atoms with Crippen molar-refractivity contribution in [2.75, 3.05) is 0 Å². The smallest absolute Gasteiger partial charge is 0.153 e. The van der Waals surface area contributed by atoms with Gasteiger partial charge >= 0.3 is 0 Å². The maximum Gasteiger partial charge on any atom is 0.153 e. The lowest BCUT2D eigenvalue weighted by Crippen LogP contribution is -1.92. The Balaban J connectivity index is 2.36. The summed E-state index contributed by atoms with van der Waals surface area (Å²) in [5, 5.41) is 0.425. The van der Waals surface area contributed by atoms with Crippen LogP contribution in [0.3, 0.4) is 0 Å². The molecular formula is C13H8ClFO2. The van der Waals surface area contributed by atoms with Crippen molar-refractivity contribution in [1.82, 2.24) is 0 Å². The molecule has 2 nitrogen and oxygen atoms in total. The molecule has 4 heteroatoms. The highest BCUT2D eigenvalue weighted by Crippen LogP contribution is 2.30. The van der Waals surface area contributed by atoms with E-state index in [1.54, 1.807) is 24.3 Å². The van der Waals surface area contributed by atoms with Crippen molar-refractivity contribution in [1.29, 1.82) is 0 Å². The molecule has 0 atom stereocenters. The molecule has 0 aliphatic carbocycles. The Kier molecular flexibility index (Phi) is 3.40. The van der Waals surface area contributed by atoms with Gasteiger partial charge in [0.2, 0.25) is 0 Å². The second kappa shape index (κ2) is 4.97. The molecule has 0 radical (unpaired) electrons. The van der Waals surface area contributed by atoms with Gasteiger partial charge in [-0.1, -0.05) is 23.7 Å². The number of hydrogen-bond acceptors (Lipinski definition) is 2. The summed E-state index contributed by atoms with van der Waals surface area (Å²) in [4.78, 5) is 10.8. The Morgan fingerprint density at radius 1 is 1.12 bits per heavy atom. The topological polar surface area (TPSA) is 26.3 Å². The van der Waals surface area contributed by atoms with Gasteiger partial charge in [0.15, 0.2) is 6.29 Å². The fourth-order valence-electron chi connectivity index (χ4n) is 1.35. The maximum absolute atomic E-state index is 12.9. The van der Waals surface area contributed by atoms with Gasteiger partial charge in [0.1, 0.15) is 17.3 Å². The molecule has 0 N–H and O–H groups in total. The number of carbonyl (C=O) groups is 1. The Labute approximate surface area is 103 Å². The summed E-state index contributed by atoms with van der Waals surface area (Å²) >= 11 is 5.91. The summed E-state index contributed by atoms with van der Waals surface area (Å²) in [5.74, 6) is 0.206. The summed E-state index contributed by atoms with van der Waals surface area (Å²) in [6.07, 6.45) is 0.537. The fraction of sp³-hybridized carbons (Fsp3) is 0. The van der Waals surface area contributed by atoms with Gasteiger partial charge < -0.3 is 4.74 Å². The molecule has 0 heterocycles. The van der Waals surface area contributed by atoms with Crippen LogP contribution in [0, 0.1) is 5.82 Å². The lowest BCUT2D eigenvalue weighted by molar-refractivity contribution is 0.112. The number of benzene rings is 2. The van der Waals surface area contributed by atoms with Gasteiger partial charge in [0.05, 0.1) is 10.6 Å². The van der Waals surface area contributed by atoms with Crippen LogP contribution in [0.25, 0.3) is 0 Å². The van der Waals surface area contributed by atoms with E-state index in [0.717, 1.165) is 6.07 Å².